The Kier molecular flexibility index (Phi) is 5.45. The van der Waals surface area contributed by atoms with Gasteiger partial charge in [0.05, 0.1) is 16.6 Å². The first-order valence-corrected chi connectivity index (χ1v) is 8.19. The van der Waals surface area contributed by atoms with Crippen molar-refractivity contribution in [1.29, 1.82) is 5.26 Å². The van der Waals surface area contributed by atoms with Gasteiger partial charge in [0.15, 0.2) is 0 Å². The fraction of sp³-hybridized carbons (Fsp3) is 0. The number of hydrogen-bond acceptors (Lipinski definition) is 5. The van der Waals surface area contributed by atoms with Crippen LogP contribution in [0.5, 0.6) is 11.6 Å². The van der Waals surface area contributed by atoms with Crippen LogP contribution in [-0.2, 0) is 0 Å². The highest BCUT2D eigenvalue weighted by Gasteiger charge is 2.07. The van der Waals surface area contributed by atoms with E-state index in [9.17, 15) is 15.4 Å². The monoisotopic (exact) mass is 377 g/mol. The molecule has 27 heavy (non-hydrogen) atoms. The summed E-state index contributed by atoms with van der Waals surface area (Å²) in [6.45, 7) is 0. The molecule has 0 spiro atoms. The van der Waals surface area contributed by atoms with E-state index >= 15 is 0 Å². The average Bonchev–Trinajstić information content (AvgIpc) is 2.68. The Morgan fingerprint density at radius 3 is 2.56 bits per heavy atom. The molecule has 0 amide bonds. The summed E-state index contributed by atoms with van der Waals surface area (Å²) < 4.78 is 5.56. The quantitative estimate of drug-likeness (QED) is 0.253. The molecule has 0 atom stereocenters. The van der Waals surface area contributed by atoms with Gasteiger partial charge in [0.25, 0.3) is 5.69 Å². The number of nitrogens with zero attached hydrogens (tertiary/aromatic N) is 3. The number of benzene rings is 2. The van der Waals surface area contributed by atoms with Gasteiger partial charge in [-0.1, -0.05) is 35.9 Å². The van der Waals surface area contributed by atoms with Crippen LogP contribution < -0.4 is 4.74 Å². The lowest BCUT2D eigenvalue weighted by Gasteiger charge is -2.05. The van der Waals surface area contributed by atoms with Gasteiger partial charge in [-0.2, -0.15) is 5.26 Å². The summed E-state index contributed by atoms with van der Waals surface area (Å²) >= 11 is 5.98. The normalized spacial score (nSPS) is 10.9. The lowest BCUT2D eigenvalue weighted by Crippen LogP contribution is -1.91. The summed E-state index contributed by atoms with van der Waals surface area (Å²) in [7, 11) is 0. The third-order valence-electron chi connectivity index (χ3n) is 3.60. The van der Waals surface area contributed by atoms with Gasteiger partial charge < -0.3 is 4.74 Å². The molecule has 1 aromatic heterocycles. The zero-order valence-electron chi connectivity index (χ0n) is 13.9. The first kappa shape index (κ1) is 18.1. The topological polar surface area (TPSA) is 89.0 Å². The largest absolute Gasteiger partial charge is 0.439 e. The maximum Gasteiger partial charge on any atom is 0.287 e. The Hall–Kier alpha value is -3.69. The Morgan fingerprint density at radius 1 is 1.19 bits per heavy atom. The first-order valence-electron chi connectivity index (χ1n) is 7.81. The minimum absolute atomic E-state index is 0.104. The van der Waals surface area contributed by atoms with Crippen molar-refractivity contribution in [1.82, 2.24) is 4.98 Å². The van der Waals surface area contributed by atoms with Crippen molar-refractivity contribution in [3.05, 3.63) is 93.1 Å². The summed E-state index contributed by atoms with van der Waals surface area (Å²) in [6, 6.07) is 19.0. The van der Waals surface area contributed by atoms with E-state index in [-0.39, 0.29) is 11.6 Å². The van der Waals surface area contributed by atoms with Crippen molar-refractivity contribution in [2.45, 2.75) is 0 Å². The van der Waals surface area contributed by atoms with Gasteiger partial charge in [-0.25, -0.2) is 4.98 Å². The summed E-state index contributed by atoms with van der Waals surface area (Å²) in [4.78, 5) is 14.0. The second-order valence-electron chi connectivity index (χ2n) is 5.46. The SMILES string of the molecule is N#C/C(=C/c1ccc(Oc2ccc([N+](=O)[O-])cn2)cc1)c1cccc(Cl)c1. The fourth-order valence-corrected chi connectivity index (χ4v) is 2.49. The van der Waals surface area contributed by atoms with Gasteiger partial charge in [-0.15, -0.1) is 0 Å². The van der Waals surface area contributed by atoms with Crippen LogP contribution in [0.1, 0.15) is 11.1 Å². The number of aromatic nitrogens is 1. The number of rotatable bonds is 5. The van der Waals surface area contributed by atoms with Crippen molar-refractivity contribution in [3.63, 3.8) is 0 Å². The molecule has 0 saturated heterocycles. The zero-order chi connectivity index (χ0) is 19.2. The molecule has 2 aromatic carbocycles. The summed E-state index contributed by atoms with van der Waals surface area (Å²) in [5, 5.41) is 20.6. The van der Waals surface area contributed by atoms with Gasteiger partial charge in [0, 0.05) is 17.2 Å². The lowest BCUT2D eigenvalue weighted by atomic mass is 10.0. The second-order valence-corrected chi connectivity index (χ2v) is 5.90. The molecule has 0 fully saturated rings. The minimum Gasteiger partial charge on any atom is -0.439 e. The van der Waals surface area contributed by atoms with Crippen molar-refractivity contribution in [3.8, 4) is 17.7 Å². The standard InChI is InChI=1S/C20H12ClN3O3/c21-17-3-1-2-15(11-17)16(12-22)10-14-4-7-19(8-5-14)27-20-9-6-18(13-23-20)24(25)26/h1-11,13H/b16-10-. The van der Waals surface area contributed by atoms with Crippen molar-refractivity contribution >= 4 is 28.9 Å². The van der Waals surface area contributed by atoms with E-state index in [1.807, 2.05) is 6.07 Å². The highest BCUT2D eigenvalue weighted by atomic mass is 35.5. The third-order valence-corrected chi connectivity index (χ3v) is 3.84. The van der Waals surface area contributed by atoms with Crippen LogP contribution in [0.25, 0.3) is 11.6 Å². The predicted octanol–water partition coefficient (Wildman–Crippen LogP) is 5.50. The maximum absolute atomic E-state index is 10.6. The van der Waals surface area contributed by atoms with Crippen LogP contribution >= 0.6 is 11.6 Å². The maximum atomic E-state index is 10.6. The van der Waals surface area contributed by atoms with Gasteiger partial charge >= 0.3 is 0 Å². The Labute approximate surface area is 160 Å². The van der Waals surface area contributed by atoms with Gasteiger partial charge in [0.1, 0.15) is 11.9 Å². The minimum atomic E-state index is -0.523. The number of halogens is 1. The molecule has 0 saturated carbocycles. The Balaban J connectivity index is 1.76. The molecule has 0 aliphatic carbocycles. The molecule has 3 rings (SSSR count). The van der Waals surface area contributed by atoms with E-state index in [0.29, 0.717) is 16.3 Å². The molecule has 0 aliphatic heterocycles. The number of nitriles is 1. The number of hydrogen-bond donors (Lipinski definition) is 0. The van der Waals surface area contributed by atoms with Crippen LogP contribution in [-0.4, -0.2) is 9.91 Å². The molecule has 0 aliphatic rings. The van der Waals surface area contributed by atoms with Crippen molar-refractivity contribution < 1.29 is 9.66 Å². The van der Waals surface area contributed by atoms with Gasteiger partial charge in [0.2, 0.25) is 5.88 Å². The zero-order valence-corrected chi connectivity index (χ0v) is 14.6. The van der Waals surface area contributed by atoms with Crippen LogP contribution in [0.2, 0.25) is 5.02 Å². The molecule has 7 heteroatoms. The number of allylic oxidation sites excluding steroid dienone is 1. The van der Waals surface area contributed by atoms with Gasteiger partial charge in [-0.3, -0.25) is 10.1 Å². The van der Waals surface area contributed by atoms with E-state index in [2.05, 4.69) is 11.1 Å². The average molecular weight is 378 g/mol. The number of ether oxygens (including phenoxy) is 1. The van der Waals surface area contributed by atoms with Crippen LogP contribution in [0.3, 0.4) is 0 Å². The molecule has 3 aromatic rings. The Bertz CT molecular complexity index is 1040. The smallest absolute Gasteiger partial charge is 0.287 e. The van der Waals surface area contributed by atoms with Crippen LogP contribution in [0.4, 0.5) is 5.69 Å². The molecule has 0 N–H and O–H groups in total. The van der Waals surface area contributed by atoms with E-state index in [1.165, 1.54) is 12.1 Å². The van der Waals surface area contributed by atoms with Gasteiger partial charge in [-0.05, 0) is 41.5 Å². The van der Waals surface area contributed by atoms with E-state index in [0.717, 1.165) is 17.3 Å². The van der Waals surface area contributed by atoms with E-state index in [1.54, 1.807) is 48.5 Å². The summed E-state index contributed by atoms with van der Waals surface area (Å²) in [5.41, 5.74) is 1.94. The first-order chi connectivity index (χ1) is 13.0. The van der Waals surface area contributed by atoms with Crippen molar-refractivity contribution in [2.75, 3.05) is 0 Å². The molecule has 0 unspecified atom stereocenters. The molecule has 0 bridgehead atoms. The van der Waals surface area contributed by atoms with E-state index in [4.69, 9.17) is 16.3 Å². The molecule has 6 nitrogen and oxygen atoms in total. The van der Waals surface area contributed by atoms with Crippen molar-refractivity contribution in [2.24, 2.45) is 0 Å². The fourth-order valence-electron chi connectivity index (χ4n) is 2.30. The third kappa shape index (κ3) is 4.69. The summed E-state index contributed by atoms with van der Waals surface area (Å²) in [5.74, 6) is 0.773. The van der Waals surface area contributed by atoms with Crippen LogP contribution in [0, 0.1) is 21.4 Å². The molecule has 1 heterocycles. The van der Waals surface area contributed by atoms with E-state index < -0.39 is 4.92 Å². The van der Waals surface area contributed by atoms with Crippen LogP contribution in [0.15, 0.2) is 66.9 Å². The predicted molar refractivity (Wildman–Crippen MR) is 102 cm³/mol. The summed E-state index contributed by atoms with van der Waals surface area (Å²) in [6.07, 6.45) is 2.89. The Morgan fingerprint density at radius 2 is 1.96 bits per heavy atom. The lowest BCUT2D eigenvalue weighted by molar-refractivity contribution is -0.385. The number of pyridine rings is 1. The highest BCUT2D eigenvalue weighted by Crippen LogP contribution is 2.24. The molecular weight excluding hydrogens is 366 g/mol. The molecular formula is C20H12ClN3O3. The number of nitro groups is 1. The highest BCUT2D eigenvalue weighted by molar-refractivity contribution is 6.30. The second kappa shape index (κ2) is 8.13. The molecule has 132 valence electrons. The molecule has 0 radical (unpaired) electrons.